The fourth-order valence-electron chi connectivity index (χ4n) is 3.65. The molecule has 0 bridgehead atoms. The first-order valence-corrected chi connectivity index (χ1v) is 9.69. The van der Waals surface area contributed by atoms with Crippen LogP contribution < -0.4 is 5.73 Å². The van der Waals surface area contributed by atoms with Gasteiger partial charge in [-0.15, -0.1) is 0 Å². The first kappa shape index (κ1) is 18.8. The van der Waals surface area contributed by atoms with Crippen molar-refractivity contribution >= 4 is 5.78 Å². The van der Waals surface area contributed by atoms with Gasteiger partial charge in [-0.2, -0.15) is 0 Å². The number of nitrogens with two attached hydrogens (primary N) is 1. The van der Waals surface area contributed by atoms with E-state index in [0.29, 0.717) is 12.0 Å². The van der Waals surface area contributed by atoms with Crippen molar-refractivity contribution in [2.24, 2.45) is 5.73 Å². The number of hydrogen-bond donors (Lipinski definition) is 2. The average molecular weight is 381 g/mol. The van der Waals surface area contributed by atoms with Crippen molar-refractivity contribution in [2.75, 3.05) is 0 Å². The van der Waals surface area contributed by atoms with E-state index in [-0.39, 0.29) is 11.7 Å². The molecule has 0 unspecified atom stereocenters. The van der Waals surface area contributed by atoms with E-state index in [2.05, 4.69) is 58.5 Å². The zero-order valence-electron chi connectivity index (χ0n) is 16.0. The molecule has 0 radical (unpaired) electrons. The highest BCUT2D eigenvalue weighted by Gasteiger charge is 2.19. The number of imidazole rings is 1. The third kappa shape index (κ3) is 4.33. The van der Waals surface area contributed by atoms with Gasteiger partial charge in [0.1, 0.15) is 0 Å². The van der Waals surface area contributed by atoms with E-state index in [9.17, 15) is 4.79 Å². The van der Waals surface area contributed by atoms with E-state index < -0.39 is 6.04 Å². The summed E-state index contributed by atoms with van der Waals surface area (Å²) < 4.78 is 0. The Morgan fingerprint density at radius 1 is 0.828 bits per heavy atom. The van der Waals surface area contributed by atoms with Crippen molar-refractivity contribution in [1.29, 1.82) is 0 Å². The van der Waals surface area contributed by atoms with E-state index in [1.165, 1.54) is 11.1 Å². The summed E-state index contributed by atoms with van der Waals surface area (Å²) in [5.74, 6) is 0.0438. The molecule has 0 aliphatic heterocycles. The predicted octanol–water partition coefficient (Wildman–Crippen LogP) is 4.34. The molecule has 4 heteroatoms. The van der Waals surface area contributed by atoms with E-state index >= 15 is 0 Å². The maximum absolute atomic E-state index is 12.7. The molecule has 3 N–H and O–H groups in total. The summed E-state index contributed by atoms with van der Waals surface area (Å²) in [6.45, 7) is 0. The van der Waals surface area contributed by atoms with Gasteiger partial charge in [0.05, 0.1) is 12.4 Å². The Morgan fingerprint density at radius 3 is 1.90 bits per heavy atom. The van der Waals surface area contributed by atoms with Crippen LogP contribution in [0.25, 0.3) is 0 Å². The van der Waals surface area contributed by atoms with Gasteiger partial charge in [-0.1, -0.05) is 84.9 Å². The van der Waals surface area contributed by atoms with E-state index in [1.54, 1.807) is 12.5 Å². The van der Waals surface area contributed by atoms with Crippen molar-refractivity contribution < 1.29 is 4.79 Å². The molecule has 1 atom stereocenters. The number of Topliss-reactive ketones (excluding diaryl/α,β-unsaturated/α-hetero) is 1. The Hall–Kier alpha value is -3.50. The number of nitrogens with zero attached hydrogens (tertiary/aromatic N) is 1. The topological polar surface area (TPSA) is 71.8 Å². The summed E-state index contributed by atoms with van der Waals surface area (Å²) in [5, 5.41) is 0. The van der Waals surface area contributed by atoms with Gasteiger partial charge in [0.25, 0.3) is 0 Å². The molecule has 0 saturated heterocycles. The van der Waals surface area contributed by atoms with E-state index in [0.717, 1.165) is 11.3 Å². The molecule has 4 aromatic rings. The van der Waals surface area contributed by atoms with E-state index in [1.807, 2.05) is 36.4 Å². The molecule has 4 nitrogen and oxygen atoms in total. The zero-order valence-corrected chi connectivity index (χ0v) is 16.0. The zero-order chi connectivity index (χ0) is 20.1. The molecule has 3 aromatic carbocycles. The van der Waals surface area contributed by atoms with Crippen molar-refractivity contribution in [3.05, 3.63) is 125 Å². The van der Waals surface area contributed by atoms with Gasteiger partial charge < -0.3 is 10.7 Å². The van der Waals surface area contributed by atoms with Gasteiger partial charge in [-0.05, 0) is 16.7 Å². The van der Waals surface area contributed by atoms with Gasteiger partial charge in [0, 0.05) is 29.8 Å². The first-order chi connectivity index (χ1) is 14.2. The number of benzene rings is 3. The normalized spacial score (nSPS) is 12.1. The van der Waals surface area contributed by atoms with Crippen LogP contribution in [-0.2, 0) is 6.42 Å². The Balaban J connectivity index is 1.60. The summed E-state index contributed by atoms with van der Waals surface area (Å²) in [6.07, 6.45) is 3.73. The second-order valence-corrected chi connectivity index (χ2v) is 7.13. The summed E-state index contributed by atoms with van der Waals surface area (Å²) in [4.78, 5) is 19.7. The largest absolute Gasteiger partial charge is 0.348 e. The lowest BCUT2D eigenvalue weighted by molar-refractivity contribution is 0.0960. The first-order valence-electron chi connectivity index (χ1n) is 9.69. The van der Waals surface area contributed by atoms with Gasteiger partial charge >= 0.3 is 0 Å². The molecular formula is C25H23N3O. The van der Waals surface area contributed by atoms with E-state index in [4.69, 9.17) is 5.73 Å². The fraction of sp³-hybridized carbons (Fsp3) is 0.120. The number of ketones is 1. The van der Waals surface area contributed by atoms with Crippen molar-refractivity contribution in [1.82, 2.24) is 9.97 Å². The standard InChI is InChI=1S/C25H23N3O/c26-23(15-22-16-27-17-28-22)25(29)21-13-11-20(12-14-21)24(18-7-3-1-4-8-18)19-9-5-2-6-10-19/h1-14,16-17,23-24H,15,26H2,(H,27,28)/t23-/m0/s1. The van der Waals surface area contributed by atoms with Crippen LogP contribution in [0.4, 0.5) is 0 Å². The molecular weight excluding hydrogens is 358 g/mol. The van der Waals surface area contributed by atoms with Gasteiger partial charge in [0.2, 0.25) is 0 Å². The van der Waals surface area contributed by atoms with Crippen LogP contribution in [0, 0.1) is 0 Å². The smallest absolute Gasteiger partial charge is 0.179 e. The number of nitrogens with one attached hydrogen (secondary N) is 1. The summed E-state index contributed by atoms with van der Waals surface area (Å²) in [5.41, 5.74) is 11.2. The van der Waals surface area contributed by atoms with Crippen LogP contribution in [0.3, 0.4) is 0 Å². The average Bonchev–Trinajstić information content (AvgIpc) is 3.28. The molecule has 1 aromatic heterocycles. The molecule has 0 saturated carbocycles. The molecule has 1 heterocycles. The lowest BCUT2D eigenvalue weighted by Crippen LogP contribution is -2.32. The highest BCUT2D eigenvalue weighted by molar-refractivity contribution is 6.00. The van der Waals surface area contributed by atoms with Gasteiger partial charge in [-0.3, -0.25) is 4.79 Å². The van der Waals surface area contributed by atoms with Crippen LogP contribution in [0.5, 0.6) is 0 Å². The molecule has 4 rings (SSSR count). The predicted molar refractivity (Wildman–Crippen MR) is 115 cm³/mol. The highest BCUT2D eigenvalue weighted by atomic mass is 16.1. The Bertz CT molecular complexity index is 1000. The second kappa shape index (κ2) is 8.67. The van der Waals surface area contributed by atoms with Crippen LogP contribution in [0.2, 0.25) is 0 Å². The number of hydrogen-bond acceptors (Lipinski definition) is 3. The molecule has 0 amide bonds. The number of aromatic amines is 1. The molecule has 0 aliphatic carbocycles. The minimum atomic E-state index is -0.597. The van der Waals surface area contributed by atoms with Crippen molar-refractivity contribution in [3.63, 3.8) is 0 Å². The summed E-state index contributed by atoms with van der Waals surface area (Å²) >= 11 is 0. The minimum absolute atomic E-state index is 0.0675. The molecule has 0 spiro atoms. The number of carbonyl (C=O) groups excluding carboxylic acids is 1. The number of H-pyrrole nitrogens is 1. The lowest BCUT2D eigenvalue weighted by Gasteiger charge is -2.19. The number of aromatic nitrogens is 2. The Morgan fingerprint density at radius 2 is 1.38 bits per heavy atom. The lowest BCUT2D eigenvalue weighted by atomic mass is 9.84. The monoisotopic (exact) mass is 381 g/mol. The van der Waals surface area contributed by atoms with Gasteiger partial charge in [-0.25, -0.2) is 4.98 Å². The van der Waals surface area contributed by atoms with Crippen LogP contribution in [0.1, 0.15) is 38.7 Å². The minimum Gasteiger partial charge on any atom is -0.348 e. The molecule has 0 aliphatic rings. The molecule has 0 fully saturated rings. The summed E-state index contributed by atoms with van der Waals surface area (Å²) in [7, 11) is 0. The SMILES string of the molecule is N[C@@H](Cc1cnc[nH]1)C(=O)c1ccc(C(c2ccccc2)c2ccccc2)cc1. The third-order valence-electron chi connectivity index (χ3n) is 5.13. The quantitative estimate of drug-likeness (QED) is 0.369. The Labute approximate surface area is 170 Å². The van der Waals surface area contributed by atoms with Crippen molar-refractivity contribution in [3.8, 4) is 0 Å². The Kier molecular flexibility index (Phi) is 5.63. The maximum Gasteiger partial charge on any atom is 0.179 e. The highest BCUT2D eigenvalue weighted by Crippen LogP contribution is 2.31. The summed E-state index contributed by atoms with van der Waals surface area (Å²) in [6, 6.07) is 28.0. The van der Waals surface area contributed by atoms with Crippen LogP contribution in [0.15, 0.2) is 97.5 Å². The second-order valence-electron chi connectivity index (χ2n) is 7.13. The third-order valence-corrected chi connectivity index (χ3v) is 5.13. The maximum atomic E-state index is 12.7. The fourth-order valence-corrected chi connectivity index (χ4v) is 3.65. The molecule has 144 valence electrons. The number of carbonyl (C=O) groups is 1. The van der Waals surface area contributed by atoms with Gasteiger partial charge in [0.15, 0.2) is 5.78 Å². The van der Waals surface area contributed by atoms with Crippen LogP contribution >= 0.6 is 0 Å². The molecule has 29 heavy (non-hydrogen) atoms. The van der Waals surface area contributed by atoms with Crippen molar-refractivity contribution in [2.45, 2.75) is 18.4 Å². The number of rotatable bonds is 7. The van der Waals surface area contributed by atoms with Crippen LogP contribution in [-0.4, -0.2) is 21.8 Å².